The SMILES string of the molecule is C=CCNC(C=NO)(c1ccccc1)S(C)=O. The Kier molecular flexibility index (Phi) is 5.06. The van der Waals surface area contributed by atoms with Gasteiger partial charge in [-0.3, -0.25) is 9.53 Å². The molecule has 92 valence electrons. The average molecular weight is 252 g/mol. The molecule has 0 radical (unpaired) electrons. The number of hydrogen-bond acceptors (Lipinski definition) is 4. The fourth-order valence-corrected chi connectivity index (χ4v) is 2.51. The normalized spacial score (nSPS) is 16.5. The maximum absolute atomic E-state index is 12.0. The van der Waals surface area contributed by atoms with Crippen molar-refractivity contribution in [2.45, 2.75) is 4.87 Å². The van der Waals surface area contributed by atoms with Crippen LogP contribution in [0.5, 0.6) is 0 Å². The van der Waals surface area contributed by atoms with Crippen LogP contribution in [0.3, 0.4) is 0 Å². The zero-order valence-electron chi connectivity index (χ0n) is 9.67. The number of oxime groups is 1. The monoisotopic (exact) mass is 252 g/mol. The lowest BCUT2D eigenvalue weighted by Gasteiger charge is -2.28. The molecule has 2 atom stereocenters. The fraction of sp³-hybridized carbons (Fsp3) is 0.250. The summed E-state index contributed by atoms with van der Waals surface area (Å²) in [6.07, 6.45) is 4.47. The van der Waals surface area contributed by atoms with E-state index in [0.29, 0.717) is 6.54 Å². The number of hydrogen-bond donors (Lipinski definition) is 2. The van der Waals surface area contributed by atoms with Crippen molar-refractivity contribution < 1.29 is 9.42 Å². The Bertz CT molecular complexity index is 420. The molecule has 5 heteroatoms. The van der Waals surface area contributed by atoms with E-state index in [2.05, 4.69) is 17.1 Å². The summed E-state index contributed by atoms with van der Waals surface area (Å²) in [6.45, 7) is 4.07. The number of rotatable bonds is 6. The minimum atomic E-state index is -1.28. The Morgan fingerprint density at radius 2 is 2.18 bits per heavy atom. The first kappa shape index (κ1) is 13.6. The van der Waals surface area contributed by atoms with Gasteiger partial charge >= 0.3 is 0 Å². The summed E-state index contributed by atoms with van der Waals surface area (Å²) < 4.78 is 12.0. The molecule has 0 saturated carbocycles. The molecule has 0 aliphatic heterocycles. The summed E-state index contributed by atoms with van der Waals surface area (Å²) in [5.74, 6) is 0. The fourth-order valence-electron chi connectivity index (χ4n) is 1.55. The Balaban J connectivity index is 3.24. The second-order valence-corrected chi connectivity index (χ2v) is 5.02. The molecular formula is C12H16N2O2S. The average Bonchev–Trinajstić information content (AvgIpc) is 2.35. The standard InChI is InChI=1S/C12H16N2O2S/c1-3-9-13-12(10-14-15,17(2)16)11-7-5-4-6-8-11/h3-8,10,13,15H,1,9H2,2H3. The van der Waals surface area contributed by atoms with Gasteiger partial charge in [0.05, 0.1) is 6.21 Å². The Hall–Kier alpha value is -1.46. The van der Waals surface area contributed by atoms with Crippen LogP contribution in [0.1, 0.15) is 5.56 Å². The molecule has 4 nitrogen and oxygen atoms in total. The van der Waals surface area contributed by atoms with Crippen LogP contribution in [-0.4, -0.2) is 28.4 Å². The molecule has 0 fully saturated rings. The lowest BCUT2D eigenvalue weighted by Crippen LogP contribution is -2.47. The molecule has 1 aromatic carbocycles. The molecule has 0 aliphatic rings. The van der Waals surface area contributed by atoms with Gasteiger partial charge < -0.3 is 5.21 Å². The van der Waals surface area contributed by atoms with Gasteiger partial charge in [0.1, 0.15) is 0 Å². The van der Waals surface area contributed by atoms with E-state index in [1.807, 2.05) is 30.3 Å². The van der Waals surface area contributed by atoms with Gasteiger partial charge in [-0.1, -0.05) is 41.6 Å². The molecule has 17 heavy (non-hydrogen) atoms. The first-order valence-corrected chi connectivity index (χ1v) is 6.66. The van der Waals surface area contributed by atoms with Gasteiger partial charge in [-0.15, -0.1) is 6.58 Å². The van der Waals surface area contributed by atoms with Gasteiger partial charge in [0.2, 0.25) is 0 Å². The number of nitrogens with zero attached hydrogens (tertiary/aromatic N) is 1. The third-order valence-electron chi connectivity index (χ3n) is 2.40. The van der Waals surface area contributed by atoms with Crippen molar-refractivity contribution in [3.63, 3.8) is 0 Å². The van der Waals surface area contributed by atoms with Crippen molar-refractivity contribution in [1.29, 1.82) is 0 Å². The summed E-state index contributed by atoms with van der Waals surface area (Å²) in [4.78, 5) is -0.996. The van der Waals surface area contributed by atoms with Crippen LogP contribution < -0.4 is 5.32 Å². The summed E-state index contributed by atoms with van der Waals surface area (Å²) in [5, 5.41) is 14.9. The van der Waals surface area contributed by atoms with Crippen LogP contribution in [0.2, 0.25) is 0 Å². The zero-order chi connectivity index (χ0) is 12.7. The molecule has 2 unspecified atom stereocenters. The Labute approximate surface area is 103 Å². The molecule has 0 bridgehead atoms. The summed E-state index contributed by atoms with van der Waals surface area (Å²) in [6, 6.07) is 9.23. The van der Waals surface area contributed by atoms with E-state index < -0.39 is 15.7 Å². The highest BCUT2D eigenvalue weighted by atomic mass is 32.2. The van der Waals surface area contributed by atoms with E-state index in [-0.39, 0.29) is 0 Å². The van der Waals surface area contributed by atoms with Crippen molar-refractivity contribution in [2.75, 3.05) is 12.8 Å². The van der Waals surface area contributed by atoms with Crippen LogP contribution in [0.25, 0.3) is 0 Å². The maximum Gasteiger partial charge on any atom is 0.159 e. The van der Waals surface area contributed by atoms with Gasteiger partial charge in [0.15, 0.2) is 4.87 Å². The molecule has 0 heterocycles. The van der Waals surface area contributed by atoms with Crippen LogP contribution in [0.15, 0.2) is 48.1 Å². The van der Waals surface area contributed by atoms with Gasteiger partial charge in [-0.2, -0.15) is 0 Å². The zero-order valence-corrected chi connectivity index (χ0v) is 10.5. The minimum absolute atomic E-state index is 0.459. The number of nitrogens with one attached hydrogen (secondary N) is 1. The summed E-state index contributed by atoms with van der Waals surface area (Å²) in [7, 11) is -1.28. The van der Waals surface area contributed by atoms with Crippen LogP contribution in [0.4, 0.5) is 0 Å². The minimum Gasteiger partial charge on any atom is -0.411 e. The van der Waals surface area contributed by atoms with Crippen molar-refractivity contribution in [3.8, 4) is 0 Å². The van der Waals surface area contributed by atoms with Gasteiger partial charge in [-0.05, 0) is 5.56 Å². The second-order valence-electron chi connectivity index (χ2n) is 3.47. The smallest absolute Gasteiger partial charge is 0.159 e. The van der Waals surface area contributed by atoms with Crippen LogP contribution in [-0.2, 0) is 15.7 Å². The third-order valence-corrected chi connectivity index (χ3v) is 3.80. The lowest BCUT2D eigenvalue weighted by molar-refractivity contribution is 0.317. The third kappa shape index (κ3) is 3.01. The van der Waals surface area contributed by atoms with Crippen molar-refractivity contribution in [1.82, 2.24) is 5.32 Å². The summed E-state index contributed by atoms with van der Waals surface area (Å²) in [5.41, 5.74) is 0.778. The molecule has 0 amide bonds. The van der Waals surface area contributed by atoms with E-state index in [9.17, 15) is 4.21 Å². The van der Waals surface area contributed by atoms with E-state index in [1.165, 1.54) is 6.21 Å². The lowest BCUT2D eigenvalue weighted by atomic mass is 10.1. The Morgan fingerprint density at radius 1 is 1.53 bits per heavy atom. The first-order chi connectivity index (χ1) is 8.17. The van der Waals surface area contributed by atoms with Gasteiger partial charge in [0.25, 0.3) is 0 Å². The highest BCUT2D eigenvalue weighted by Crippen LogP contribution is 2.22. The van der Waals surface area contributed by atoms with E-state index in [0.717, 1.165) is 5.56 Å². The highest BCUT2D eigenvalue weighted by molar-refractivity contribution is 7.86. The van der Waals surface area contributed by atoms with Crippen molar-refractivity contribution >= 4 is 17.0 Å². The predicted molar refractivity (Wildman–Crippen MR) is 70.7 cm³/mol. The Morgan fingerprint density at radius 3 is 2.65 bits per heavy atom. The van der Waals surface area contributed by atoms with Gasteiger partial charge in [-0.25, -0.2) is 0 Å². The quantitative estimate of drug-likeness (QED) is 0.349. The first-order valence-electron chi connectivity index (χ1n) is 5.11. The number of benzene rings is 1. The second kappa shape index (κ2) is 6.32. The van der Waals surface area contributed by atoms with Crippen molar-refractivity contribution in [3.05, 3.63) is 48.6 Å². The predicted octanol–water partition coefficient (Wildman–Crippen LogP) is 1.45. The molecule has 0 aliphatic carbocycles. The molecule has 1 rings (SSSR count). The van der Waals surface area contributed by atoms with E-state index in [1.54, 1.807) is 12.3 Å². The molecule has 1 aromatic rings. The van der Waals surface area contributed by atoms with E-state index in [4.69, 9.17) is 5.21 Å². The molecule has 0 spiro atoms. The van der Waals surface area contributed by atoms with Crippen molar-refractivity contribution in [2.24, 2.45) is 5.16 Å². The van der Waals surface area contributed by atoms with Crippen LogP contribution in [0, 0.1) is 0 Å². The maximum atomic E-state index is 12.0. The largest absolute Gasteiger partial charge is 0.411 e. The molecule has 0 aromatic heterocycles. The molecule has 2 N–H and O–H groups in total. The summed E-state index contributed by atoms with van der Waals surface area (Å²) >= 11 is 0. The highest BCUT2D eigenvalue weighted by Gasteiger charge is 2.34. The van der Waals surface area contributed by atoms with Crippen LogP contribution >= 0.6 is 0 Å². The van der Waals surface area contributed by atoms with E-state index >= 15 is 0 Å². The molecule has 0 saturated heterocycles. The topological polar surface area (TPSA) is 61.7 Å². The molecular weight excluding hydrogens is 236 g/mol. The van der Waals surface area contributed by atoms with Gasteiger partial charge in [0, 0.05) is 23.6 Å².